The fraction of sp³-hybridized carbons (Fsp3) is 0.292. The van der Waals surface area contributed by atoms with E-state index in [9.17, 15) is 13.2 Å². The number of nitrogens with zero attached hydrogens (tertiary/aromatic N) is 3. The molecule has 1 aliphatic heterocycles. The van der Waals surface area contributed by atoms with E-state index in [-0.39, 0.29) is 15.8 Å². The molecule has 1 fully saturated rings. The number of ether oxygens (including phenoxy) is 1. The van der Waals surface area contributed by atoms with Crippen molar-refractivity contribution in [1.82, 2.24) is 19.5 Å². The van der Waals surface area contributed by atoms with Gasteiger partial charge in [-0.2, -0.15) is 9.40 Å². The molecule has 0 saturated carbocycles. The van der Waals surface area contributed by atoms with Crippen molar-refractivity contribution in [2.75, 3.05) is 6.54 Å². The van der Waals surface area contributed by atoms with Crippen LogP contribution in [0.1, 0.15) is 29.1 Å². The zero-order valence-electron chi connectivity index (χ0n) is 18.6. The van der Waals surface area contributed by atoms with Crippen molar-refractivity contribution in [3.05, 3.63) is 80.5 Å². The maximum Gasteiger partial charge on any atom is 0.322 e. The molecule has 1 unspecified atom stereocenters. The molecule has 0 aliphatic carbocycles. The van der Waals surface area contributed by atoms with E-state index in [4.69, 9.17) is 4.74 Å². The van der Waals surface area contributed by atoms with Crippen molar-refractivity contribution < 1.29 is 13.2 Å². The summed E-state index contributed by atoms with van der Waals surface area (Å²) in [6.45, 7) is 2.77. The highest BCUT2D eigenvalue weighted by Gasteiger charge is 2.35. The van der Waals surface area contributed by atoms with Crippen LogP contribution >= 0.6 is 11.3 Å². The van der Waals surface area contributed by atoms with Crippen molar-refractivity contribution in [2.24, 2.45) is 0 Å². The Balaban J connectivity index is 1.30. The molecule has 1 saturated heterocycles. The lowest BCUT2D eigenvalue weighted by Gasteiger charge is -2.23. The Labute approximate surface area is 201 Å². The van der Waals surface area contributed by atoms with E-state index < -0.39 is 10.0 Å². The van der Waals surface area contributed by atoms with Gasteiger partial charge in [0.15, 0.2) is 0 Å². The molecule has 176 valence electrons. The van der Waals surface area contributed by atoms with Crippen molar-refractivity contribution in [3.63, 3.8) is 0 Å². The van der Waals surface area contributed by atoms with Gasteiger partial charge < -0.3 is 4.74 Å². The minimum absolute atomic E-state index is 0.205. The molecule has 5 rings (SSSR count). The standard InChI is InChI=1S/C24H24N4O4S2/c1-16-13-17(21-6-2-3-7-22(21)25-16)15-32-19-8-10-20(11-9-19)34(30,31)28-12-4-5-18(28)14-23-26-27-24(29)33-23/h2-3,6-11,13,18H,4-5,12,14-15H2,1H3,(H,27,29). The van der Waals surface area contributed by atoms with E-state index >= 15 is 0 Å². The van der Waals surface area contributed by atoms with Crippen LogP contribution in [0.4, 0.5) is 0 Å². The molecule has 1 aliphatic rings. The monoisotopic (exact) mass is 496 g/mol. The second-order valence-corrected chi connectivity index (χ2v) is 11.3. The molecule has 1 N–H and O–H groups in total. The molecule has 1 atom stereocenters. The van der Waals surface area contributed by atoms with Crippen molar-refractivity contribution in [1.29, 1.82) is 0 Å². The van der Waals surface area contributed by atoms with Crippen LogP contribution in [0.2, 0.25) is 0 Å². The smallest absolute Gasteiger partial charge is 0.322 e. The van der Waals surface area contributed by atoms with Crippen LogP contribution in [-0.2, 0) is 23.1 Å². The summed E-state index contributed by atoms with van der Waals surface area (Å²) in [6, 6.07) is 16.3. The van der Waals surface area contributed by atoms with Crippen LogP contribution in [-0.4, -0.2) is 40.5 Å². The van der Waals surface area contributed by atoms with Crippen LogP contribution in [0.3, 0.4) is 0 Å². The Hall–Kier alpha value is -3.08. The van der Waals surface area contributed by atoms with Gasteiger partial charge in [-0.15, -0.1) is 0 Å². The number of benzene rings is 2. The first-order valence-electron chi connectivity index (χ1n) is 11.0. The third-order valence-corrected chi connectivity index (χ3v) is 8.71. The minimum Gasteiger partial charge on any atom is -0.489 e. The molecule has 0 amide bonds. The van der Waals surface area contributed by atoms with Gasteiger partial charge in [-0.05, 0) is 56.2 Å². The summed E-state index contributed by atoms with van der Waals surface area (Å²) in [5.74, 6) is 0.594. The molecule has 0 spiro atoms. The zero-order valence-corrected chi connectivity index (χ0v) is 20.2. The molecule has 2 aromatic carbocycles. The Morgan fingerprint density at radius 1 is 1.18 bits per heavy atom. The SMILES string of the molecule is Cc1cc(COc2ccc(S(=O)(=O)N3CCCC3Cc3n[nH]c(=O)s3)cc2)c2ccccc2n1. The molecule has 8 nitrogen and oxygen atoms in total. The number of pyridine rings is 1. The lowest BCUT2D eigenvalue weighted by Crippen LogP contribution is -2.36. The number of nitrogens with one attached hydrogen (secondary N) is 1. The molecule has 3 heterocycles. The van der Waals surface area contributed by atoms with Gasteiger partial charge in [0.25, 0.3) is 0 Å². The van der Waals surface area contributed by atoms with Gasteiger partial charge in [-0.25, -0.2) is 13.5 Å². The Bertz CT molecular complexity index is 1480. The molecule has 2 aromatic heterocycles. The summed E-state index contributed by atoms with van der Waals surface area (Å²) in [5.41, 5.74) is 2.87. The highest BCUT2D eigenvalue weighted by atomic mass is 32.2. The van der Waals surface area contributed by atoms with Gasteiger partial charge in [0, 0.05) is 35.7 Å². The van der Waals surface area contributed by atoms with Gasteiger partial charge in [0.1, 0.15) is 17.4 Å². The van der Waals surface area contributed by atoms with Crippen LogP contribution in [0, 0.1) is 6.92 Å². The van der Waals surface area contributed by atoms with E-state index in [1.54, 1.807) is 24.3 Å². The number of aromatic nitrogens is 3. The number of sulfonamides is 1. The first kappa shape index (κ1) is 22.7. The number of para-hydroxylation sites is 1. The quantitative estimate of drug-likeness (QED) is 0.419. The molecule has 0 radical (unpaired) electrons. The number of H-pyrrole nitrogens is 1. The van der Waals surface area contributed by atoms with Gasteiger partial charge in [-0.3, -0.25) is 9.78 Å². The summed E-state index contributed by atoms with van der Waals surface area (Å²) < 4.78 is 34.1. The lowest BCUT2D eigenvalue weighted by molar-refractivity contribution is 0.307. The van der Waals surface area contributed by atoms with Crippen LogP contribution in [0.25, 0.3) is 10.9 Å². The first-order chi connectivity index (χ1) is 16.4. The fourth-order valence-corrected chi connectivity index (χ4v) is 6.76. The molecule has 10 heteroatoms. The van der Waals surface area contributed by atoms with Crippen LogP contribution in [0.15, 0.2) is 64.3 Å². The highest BCUT2D eigenvalue weighted by Crippen LogP contribution is 2.29. The maximum atomic E-state index is 13.3. The molecule has 34 heavy (non-hydrogen) atoms. The summed E-state index contributed by atoms with van der Waals surface area (Å²) >= 11 is 1.03. The molecule has 0 bridgehead atoms. The first-order valence-corrected chi connectivity index (χ1v) is 13.3. The average Bonchev–Trinajstić information content (AvgIpc) is 3.47. The zero-order chi connectivity index (χ0) is 23.7. The number of aromatic amines is 1. The maximum absolute atomic E-state index is 13.3. The van der Waals surface area contributed by atoms with Crippen LogP contribution < -0.4 is 9.61 Å². The summed E-state index contributed by atoms with van der Waals surface area (Å²) in [4.78, 5) is 15.9. The average molecular weight is 497 g/mol. The van der Waals surface area contributed by atoms with Gasteiger partial charge in [-0.1, -0.05) is 29.5 Å². The molecular formula is C24H24N4O4S2. The Morgan fingerprint density at radius 2 is 1.97 bits per heavy atom. The second kappa shape index (κ2) is 9.28. The summed E-state index contributed by atoms with van der Waals surface area (Å²) in [7, 11) is -3.66. The van der Waals surface area contributed by atoms with Crippen molar-refractivity contribution in [2.45, 2.75) is 43.7 Å². The third-order valence-electron chi connectivity index (χ3n) is 5.97. The summed E-state index contributed by atoms with van der Waals surface area (Å²) in [6.07, 6.45) is 1.96. The van der Waals surface area contributed by atoms with Crippen LogP contribution in [0.5, 0.6) is 5.75 Å². The Kier molecular flexibility index (Phi) is 6.20. The predicted molar refractivity (Wildman–Crippen MR) is 131 cm³/mol. The van der Waals surface area contributed by atoms with E-state index in [1.165, 1.54) is 4.31 Å². The van der Waals surface area contributed by atoms with Crippen molar-refractivity contribution in [3.8, 4) is 5.75 Å². The largest absolute Gasteiger partial charge is 0.489 e. The predicted octanol–water partition coefficient (Wildman–Crippen LogP) is 3.66. The minimum atomic E-state index is -3.66. The Morgan fingerprint density at radius 3 is 2.74 bits per heavy atom. The van der Waals surface area contributed by atoms with E-state index in [0.29, 0.717) is 30.3 Å². The summed E-state index contributed by atoms with van der Waals surface area (Å²) in [5, 5.41) is 8.05. The number of aryl methyl sites for hydroxylation is 1. The number of fused-ring (bicyclic) bond motifs is 1. The van der Waals surface area contributed by atoms with E-state index in [0.717, 1.165) is 46.3 Å². The van der Waals surface area contributed by atoms with Crippen molar-refractivity contribution >= 4 is 32.3 Å². The second-order valence-electron chi connectivity index (χ2n) is 8.32. The normalized spacial score (nSPS) is 16.8. The van der Waals surface area contributed by atoms with Gasteiger partial charge in [0.05, 0.1) is 10.4 Å². The highest BCUT2D eigenvalue weighted by molar-refractivity contribution is 7.89. The van der Waals surface area contributed by atoms with Gasteiger partial charge in [0.2, 0.25) is 10.0 Å². The number of hydrogen-bond donors (Lipinski definition) is 1. The topological polar surface area (TPSA) is 105 Å². The van der Waals surface area contributed by atoms with E-state index in [2.05, 4.69) is 15.2 Å². The third kappa shape index (κ3) is 4.61. The fourth-order valence-electron chi connectivity index (χ4n) is 4.40. The number of hydrogen-bond acceptors (Lipinski definition) is 7. The molecule has 4 aromatic rings. The lowest BCUT2D eigenvalue weighted by atomic mass is 10.1. The molecular weight excluding hydrogens is 472 g/mol. The number of rotatable bonds is 7. The van der Waals surface area contributed by atoms with E-state index in [1.807, 2.05) is 37.3 Å². The van der Waals surface area contributed by atoms with Gasteiger partial charge >= 0.3 is 4.87 Å².